The average molecular weight is 186 g/mol. The molecular formula is C9H18N2S. The van der Waals surface area contributed by atoms with E-state index in [0.29, 0.717) is 0 Å². The molecule has 2 fully saturated rings. The highest BCUT2D eigenvalue weighted by Gasteiger charge is 2.22. The van der Waals surface area contributed by atoms with E-state index >= 15 is 0 Å². The first kappa shape index (κ1) is 8.85. The minimum Gasteiger partial charge on any atom is -0.315 e. The van der Waals surface area contributed by atoms with Crippen molar-refractivity contribution in [1.82, 2.24) is 10.2 Å². The molecule has 2 saturated heterocycles. The molecule has 70 valence electrons. The Labute approximate surface area is 79.1 Å². The third-order valence-corrected chi connectivity index (χ3v) is 3.86. The molecule has 2 nitrogen and oxygen atoms in total. The van der Waals surface area contributed by atoms with Gasteiger partial charge in [0.05, 0.1) is 0 Å². The van der Waals surface area contributed by atoms with Gasteiger partial charge in [0.1, 0.15) is 0 Å². The average Bonchev–Trinajstić information content (AvgIpc) is 2.48. The van der Waals surface area contributed by atoms with Crippen LogP contribution in [0.15, 0.2) is 0 Å². The third kappa shape index (κ3) is 2.15. The summed E-state index contributed by atoms with van der Waals surface area (Å²) in [5.41, 5.74) is 0. The van der Waals surface area contributed by atoms with E-state index in [1.807, 2.05) is 0 Å². The summed E-state index contributed by atoms with van der Waals surface area (Å²) < 4.78 is 0. The van der Waals surface area contributed by atoms with Crippen LogP contribution in [0, 0.1) is 0 Å². The van der Waals surface area contributed by atoms with Gasteiger partial charge in [0.25, 0.3) is 0 Å². The van der Waals surface area contributed by atoms with Gasteiger partial charge in [-0.15, -0.1) is 0 Å². The fraction of sp³-hybridized carbons (Fsp3) is 1.00. The van der Waals surface area contributed by atoms with E-state index in [1.54, 1.807) is 0 Å². The number of thioether (sulfide) groups is 1. The van der Waals surface area contributed by atoms with Crippen molar-refractivity contribution in [3.05, 3.63) is 0 Å². The lowest BCUT2D eigenvalue weighted by Crippen LogP contribution is -2.38. The van der Waals surface area contributed by atoms with Gasteiger partial charge >= 0.3 is 0 Å². The molecule has 12 heavy (non-hydrogen) atoms. The van der Waals surface area contributed by atoms with E-state index < -0.39 is 0 Å². The standard InChI is InChI=1S/C9H18N2S/c1-4-11(5-7-12-6-1)9-2-3-10-8-9/h9-10H,1-8H2. The van der Waals surface area contributed by atoms with E-state index in [9.17, 15) is 0 Å². The van der Waals surface area contributed by atoms with Crippen LogP contribution in [0.25, 0.3) is 0 Å². The van der Waals surface area contributed by atoms with Gasteiger partial charge in [-0.1, -0.05) is 0 Å². The Hall–Kier alpha value is 0.270. The molecule has 3 heteroatoms. The maximum Gasteiger partial charge on any atom is 0.0233 e. The summed E-state index contributed by atoms with van der Waals surface area (Å²) in [6.45, 7) is 5.11. The Bertz CT molecular complexity index is 126. The van der Waals surface area contributed by atoms with Gasteiger partial charge in [0, 0.05) is 24.9 Å². The summed E-state index contributed by atoms with van der Waals surface area (Å²) >= 11 is 2.12. The monoisotopic (exact) mass is 186 g/mol. The first-order valence-corrected chi connectivity index (χ1v) is 6.15. The minimum absolute atomic E-state index is 0.851. The van der Waals surface area contributed by atoms with Crippen molar-refractivity contribution in [2.45, 2.75) is 18.9 Å². The first-order valence-electron chi connectivity index (χ1n) is 4.99. The highest BCUT2D eigenvalue weighted by atomic mass is 32.2. The molecule has 0 bridgehead atoms. The number of rotatable bonds is 1. The van der Waals surface area contributed by atoms with E-state index in [-0.39, 0.29) is 0 Å². The summed E-state index contributed by atoms with van der Waals surface area (Å²) in [4.78, 5) is 2.68. The lowest BCUT2D eigenvalue weighted by molar-refractivity contribution is 0.225. The van der Waals surface area contributed by atoms with Gasteiger partial charge in [-0.2, -0.15) is 11.8 Å². The van der Waals surface area contributed by atoms with Crippen LogP contribution in [0.5, 0.6) is 0 Å². The quantitative estimate of drug-likeness (QED) is 0.652. The molecule has 0 saturated carbocycles. The maximum absolute atomic E-state index is 3.44. The molecule has 1 atom stereocenters. The summed E-state index contributed by atoms with van der Waals surface area (Å²) in [6, 6.07) is 0.851. The van der Waals surface area contributed by atoms with Crippen molar-refractivity contribution < 1.29 is 0 Å². The van der Waals surface area contributed by atoms with E-state index in [1.165, 1.54) is 50.5 Å². The van der Waals surface area contributed by atoms with Crippen molar-refractivity contribution >= 4 is 11.8 Å². The second-order valence-electron chi connectivity index (χ2n) is 3.65. The zero-order chi connectivity index (χ0) is 8.23. The van der Waals surface area contributed by atoms with Gasteiger partial charge < -0.3 is 5.32 Å². The van der Waals surface area contributed by atoms with Crippen LogP contribution in [0.2, 0.25) is 0 Å². The third-order valence-electron chi connectivity index (χ3n) is 2.81. The smallest absolute Gasteiger partial charge is 0.0233 e. The van der Waals surface area contributed by atoms with Crippen LogP contribution < -0.4 is 5.32 Å². The summed E-state index contributed by atoms with van der Waals surface area (Å²) in [5, 5.41) is 3.44. The normalized spacial score (nSPS) is 33.5. The van der Waals surface area contributed by atoms with Crippen molar-refractivity contribution in [3.8, 4) is 0 Å². The van der Waals surface area contributed by atoms with Gasteiger partial charge in [0.2, 0.25) is 0 Å². The van der Waals surface area contributed by atoms with Crippen molar-refractivity contribution in [1.29, 1.82) is 0 Å². The SMILES string of the molecule is C1CSCCN(C2CCNC2)C1. The van der Waals surface area contributed by atoms with Gasteiger partial charge in [-0.3, -0.25) is 4.90 Å². The first-order chi connectivity index (χ1) is 5.97. The fourth-order valence-corrected chi connectivity index (χ4v) is 2.98. The Kier molecular flexibility index (Phi) is 3.31. The maximum atomic E-state index is 3.44. The zero-order valence-corrected chi connectivity index (χ0v) is 8.41. The Morgan fingerprint density at radius 1 is 1.25 bits per heavy atom. The molecule has 2 rings (SSSR count). The molecule has 0 aliphatic carbocycles. The molecule has 0 spiro atoms. The van der Waals surface area contributed by atoms with E-state index in [4.69, 9.17) is 0 Å². The number of hydrogen-bond donors (Lipinski definition) is 1. The molecule has 2 aliphatic rings. The van der Waals surface area contributed by atoms with Crippen LogP contribution >= 0.6 is 11.8 Å². The van der Waals surface area contributed by atoms with Crippen molar-refractivity contribution in [2.75, 3.05) is 37.7 Å². The van der Waals surface area contributed by atoms with Gasteiger partial charge in [-0.05, 0) is 31.7 Å². The van der Waals surface area contributed by atoms with Crippen LogP contribution in [0.1, 0.15) is 12.8 Å². The van der Waals surface area contributed by atoms with Crippen LogP contribution in [-0.4, -0.2) is 48.6 Å². The lowest BCUT2D eigenvalue weighted by atomic mass is 10.2. The molecule has 2 aliphatic heterocycles. The number of nitrogens with one attached hydrogen (secondary N) is 1. The zero-order valence-electron chi connectivity index (χ0n) is 7.59. The number of hydrogen-bond acceptors (Lipinski definition) is 3. The molecule has 2 heterocycles. The Morgan fingerprint density at radius 2 is 2.25 bits per heavy atom. The summed E-state index contributed by atoms with van der Waals surface area (Å²) in [7, 11) is 0. The molecule has 0 aromatic carbocycles. The molecule has 0 aromatic heterocycles. The highest BCUT2D eigenvalue weighted by Crippen LogP contribution is 2.15. The topological polar surface area (TPSA) is 15.3 Å². The van der Waals surface area contributed by atoms with Gasteiger partial charge in [0.15, 0.2) is 0 Å². The molecular weight excluding hydrogens is 168 g/mol. The minimum atomic E-state index is 0.851. The highest BCUT2D eigenvalue weighted by molar-refractivity contribution is 7.99. The van der Waals surface area contributed by atoms with E-state index in [0.717, 1.165) is 6.04 Å². The molecule has 1 unspecified atom stereocenters. The molecule has 0 aromatic rings. The van der Waals surface area contributed by atoms with Crippen molar-refractivity contribution in [3.63, 3.8) is 0 Å². The lowest BCUT2D eigenvalue weighted by Gasteiger charge is -2.25. The predicted molar refractivity (Wildman–Crippen MR) is 54.8 cm³/mol. The number of nitrogens with zero attached hydrogens (tertiary/aromatic N) is 1. The van der Waals surface area contributed by atoms with Gasteiger partial charge in [-0.25, -0.2) is 0 Å². The second-order valence-corrected chi connectivity index (χ2v) is 4.87. The Balaban J connectivity index is 1.83. The fourth-order valence-electron chi connectivity index (χ4n) is 2.08. The van der Waals surface area contributed by atoms with Crippen LogP contribution in [0.3, 0.4) is 0 Å². The predicted octanol–water partition coefficient (Wildman–Crippen LogP) is 0.787. The summed E-state index contributed by atoms with van der Waals surface area (Å²) in [5.74, 6) is 2.72. The van der Waals surface area contributed by atoms with E-state index in [2.05, 4.69) is 22.0 Å². The molecule has 0 amide bonds. The van der Waals surface area contributed by atoms with Crippen LogP contribution in [0.4, 0.5) is 0 Å². The second kappa shape index (κ2) is 4.49. The largest absolute Gasteiger partial charge is 0.315 e. The molecule has 1 N–H and O–H groups in total. The Morgan fingerprint density at radius 3 is 3.08 bits per heavy atom. The van der Waals surface area contributed by atoms with Crippen molar-refractivity contribution in [2.24, 2.45) is 0 Å². The van der Waals surface area contributed by atoms with Crippen LogP contribution in [-0.2, 0) is 0 Å². The molecule has 0 radical (unpaired) electrons. The summed E-state index contributed by atoms with van der Waals surface area (Å²) in [6.07, 6.45) is 2.76.